The first-order valence-electron chi connectivity index (χ1n) is 8.64. The molecule has 0 spiro atoms. The van der Waals surface area contributed by atoms with E-state index in [0.29, 0.717) is 6.04 Å². The van der Waals surface area contributed by atoms with Crippen molar-refractivity contribution in [3.8, 4) is 0 Å². The number of aliphatic hydroxyl groups is 1. The van der Waals surface area contributed by atoms with Gasteiger partial charge >= 0.3 is 0 Å². The van der Waals surface area contributed by atoms with Crippen LogP contribution < -0.4 is 0 Å². The van der Waals surface area contributed by atoms with Crippen molar-refractivity contribution in [2.45, 2.75) is 96.1 Å². The Bertz CT molecular complexity index is 207. The van der Waals surface area contributed by atoms with Gasteiger partial charge in [-0.15, -0.1) is 0 Å². The van der Waals surface area contributed by atoms with E-state index in [4.69, 9.17) is 0 Å². The van der Waals surface area contributed by atoms with E-state index in [-0.39, 0.29) is 6.10 Å². The SMILES string of the molecule is CCCCN(C)C1CCCCCCCCCCC1O. The molecule has 1 saturated carbocycles. The van der Waals surface area contributed by atoms with Gasteiger partial charge in [0.05, 0.1) is 6.10 Å². The Kier molecular flexibility index (Phi) is 9.54. The zero-order chi connectivity index (χ0) is 13.9. The fourth-order valence-electron chi connectivity index (χ4n) is 3.24. The van der Waals surface area contributed by atoms with Crippen LogP contribution in [-0.4, -0.2) is 35.7 Å². The number of unbranched alkanes of at least 4 members (excludes halogenated alkanes) is 1. The molecule has 0 aromatic carbocycles. The number of nitrogens with zero attached hydrogens (tertiary/aromatic N) is 1. The second-order valence-electron chi connectivity index (χ2n) is 6.37. The molecular formula is C17H35NO. The Morgan fingerprint density at radius 3 is 2.00 bits per heavy atom. The summed E-state index contributed by atoms with van der Waals surface area (Å²) < 4.78 is 0. The van der Waals surface area contributed by atoms with E-state index in [9.17, 15) is 5.11 Å². The lowest BCUT2D eigenvalue weighted by molar-refractivity contribution is 0.0478. The quantitative estimate of drug-likeness (QED) is 0.819. The first-order chi connectivity index (χ1) is 9.25. The summed E-state index contributed by atoms with van der Waals surface area (Å²) in [7, 11) is 2.20. The monoisotopic (exact) mass is 269 g/mol. The summed E-state index contributed by atoms with van der Waals surface area (Å²) >= 11 is 0. The topological polar surface area (TPSA) is 23.5 Å². The van der Waals surface area contributed by atoms with Crippen LogP contribution in [0.15, 0.2) is 0 Å². The van der Waals surface area contributed by atoms with Crippen molar-refractivity contribution < 1.29 is 5.11 Å². The summed E-state index contributed by atoms with van der Waals surface area (Å²) in [5.41, 5.74) is 0. The van der Waals surface area contributed by atoms with E-state index in [1.54, 1.807) is 0 Å². The van der Waals surface area contributed by atoms with Crippen LogP contribution in [0.1, 0.15) is 84.0 Å². The maximum Gasteiger partial charge on any atom is 0.0695 e. The standard InChI is InChI=1S/C17H35NO/c1-3-4-15-18(2)16-13-11-9-7-5-6-8-10-12-14-17(16)19/h16-17,19H,3-15H2,1-2H3. The minimum absolute atomic E-state index is 0.110. The van der Waals surface area contributed by atoms with Gasteiger partial charge in [0.2, 0.25) is 0 Å². The van der Waals surface area contributed by atoms with E-state index in [1.165, 1.54) is 70.6 Å². The van der Waals surface area contributed by atoms with Gasteiger partial charge in [-0.05, 0) is 32.9 Å². The fourth-order valence-corrected chi connectivity index (χ4v) is 3.24. The molecule has 114 valence electrons. The summed E-state index contributed by atoms with van der Waals surface area (Å²) in [6.45, 7) is 3.38. The fraction of sp³-hybridized carbons (Fsp3) is 1.00. The molecule has 2 unspecified atom stereocenters. The molecule has 0 radical (unpaired) electrons. The third-order valence-corrected chi connectivity index (χ3v) is 4.62. The highest BCUT2D eigenvalue weighted by molar-refractivity contribution is 4.78. The van der Waals surface area contributed by atoms with E-state index in [0.717, 1.165) is 13.0 Å². The van der Waals surface area contributed by atoms with Crippen molar-refractivity contribution >= 4 is 0 Å². The maximum absolute atomic E-state index is 10.5. The molecular weight excluding hydrogens is 234 g/mol. The molecule has 0 bridgehead atoms. The van der Waals surface area contributed by atoms with E-state index >= 15 is 0 Å². The zero-order valence-electron chi connectivity index (χ0n) is 13.2. The van der Waals surface area contributed by atoms with Gasteiger partial charge in [0.1, 0.15) is 0 Å². The predicted molar refractivity (Wildman–Crippen MR) is 83.5 cm³/mol. The van der Waals surface area contributed by atoms with Gasteiger partial charge in [0.15, 0.2) is 0 Å². The molecule has 2 atom stereocenters. The molecule has 1 aliphatic carbocycles. The number of likely N-dealkylation sites (N-methyl/N-ethyl adjacent to an activating group) is 1. The molecule has 19 heavy (non-hydrogen) atoms. The van der Waals surface area contributed by atoms with Gasteiger partial charge in [0.25, 0.3) is 0 Å². The summed E-state index contributed by atoms with van der Waals surface area (Å²) in [6.07, 6.45) is 15.3. The van der Waals surface area contributed by atoms with Gasteiger partial charge < -0.3 is 10.0 Å². The van der Waals surface area contributed by atoms with Crippen molar-refractivity contribution in [3.05, 3.63) is 0 Å². The van der Waals surface area contributed by atoms with Crippen molar-refractivity contribution in [2.75, 3.05) is 13.6 Å². The minimum atomic E-state index is -0.110. The highest BCUT2D eigenvalue weighted by atomic mass is 16.3. The Hall–Kier alpha value is -0.0800. The Morgan fingerprint density at radius 2 is 1.42 bits per heavy atom. The molecule has 0 saturated heterocycles. The lowest BCUT2D eigenvalue weighted by atomic mass is 9.95. The zero-order valence-corrected chi connectivity index (χ0v) is 13.2. The van der Waals surface area contributed by atoms with Gasteiger partial charge in [-0.3, -0.25) is 0 Å². The number of hydrogen-bond donors (Lipinski definition) is 1. The van der Waals surface area contributed by atoms with Crippen LogP contribution in [0.4, 0.5) is 0 Å². The number of rotatable bonds is 4. The summed E-state index contributed by atoms with van der Waals surface area (Å²) in [4.78, 5) is 2.42. The van der Waals surface area contributed by atoms with Crippen molar-refractivity contribution in [3.63, 3.8) is 0 Å². The maximum atomic E-state index is 10.5. The van der Waals surface area contributed by atoms with Crippen LogP contribution in [0.25, 0.3) is 0 Å². The molecule has 0 aromatic rings. The third kappa shape index (κ3) is 7.31. The van der Waals surface area contributed by atoms with Crippen LogP contribution >= 0.6 is 0 Å². The van der Waals surface area contributed by atoms with Crippen molar-refractivity contribution in [2.24, 2.45) is 0 Å². The van der Waals surface area contributed by atoms with Crippen LogP contribution in [0.2, 0.25) is 0 Å². The Morgan fingerprint density at radius 1 is 0.895 bits per heavy atom. The first-order valence-corrected chi connectivity index (χ1v) is 8.64. The van der Waals surface area contributed by atoms with Crippen LogP contribution in [0, 0.1) is 0 Å². The molecule has 0 aliphatic heterocycles. The highest BCUT2D eigenvalue weighted by Gasteiger charge is 2.22. The summed E-state index contributed by atoms with van der Waals surface area (Å²) in [5.74, 6) is 0. The van der Waals surface area contributed by atoms with E-state index in [1.807, 2.05) is 0 Å². The molecule has 2 nitrogen and oxygen atoms in total. The summed E-state index contributed by atoms with van der Waals surface area (Å²) in [5, 5.41) is 10.5. The first kappa shape index (κ1) is 17.0. The van der Waals surface area contributed by atoms with Gasteiger partial charge in [-0.2, -0.15) is 0 Å². The van der Waals surface area contributed by atoms with Crippen LogP contribution in [0.5, 0.6) is 0 Å². The Labute approximate surface area is 120 Å². The molecule has 1 N–H and O–H groups in total. The average molecular weight is 269 g/mol. The normalized spacial score (nSPS) is 27.8. The Balaban J connectivity index is 2.45. The summed E-state index contributed by atoms with van der Waals surface area (Å²) in [6, 6.07) is 0.394. The van der Waals surface area contributed by atoms with E-state index in [2.05, 4.69) is 18.9 Å². The van der Waals surface area contributed by atoms with Gasteiger partial charge in [0, 0.05) is 6.04 Å². The smallest absolute Gasteiger partial charge is 0.0695 e. The van der Waals surface area contributed by atoms with E-state index < -0.39 is 0 Å². The number of hydrogen-bond acceptors (Lipinski definition) is 2. The molecule has 0 heterocycles. The second kappa shape index (κ2) is 10.7. The van der Waals surface area contributed by atoms with Crippen LogP contribution in [-0.2, 0) is 0 Å². The average Bonchev–Trinajstić information content (AvgIpc) is 2.40. The molecule has 0 amide bonds. The molecule has 2 heteroatoms. The van der Waals surface area contributed by atoms with Crippen LogP contribution in [0.3, 0.4) is 0 Å². The lowest BCUT2D eigenvalue weighted by Crippen LogP contribution is -2.41. The predicted octanol–water partition coefficient (Wildman–Crippen LogP) is 4.36. The lowest BCUT2D eigenvalue weighted by Gasteiger charge is -2.32. The van der Waals surface area contributed by atoms with Gasteiger partial charge in [-0.25, -0.2) is 0 Å². The largest absolute Gasteiger partial charge is 0.391 e. The van der Waals surface area contributed by atoms with Crippen molar-refractivity contribution in [1.29, 1.82) is 0 Å². The minimum Gasteiger partial charge on any atom is -0.391 e. The number of aliphatic hydroxyl groups excluding tert-OH is 1. The third-order valence-electron chi connectivity index (χ3n) is 4.62. The van der Waals surface area contributed by atoms with Gasteiger partial charge in [-0.1, -0.05) is 64.7 Å². The molecule has 1 fully saturated rings. The highest BCUT2D eigenvalue weighted by Crippen LogP contribution is 2.20. The molecule has 0 aromatic heterocycles. The molecule has 1 rings (SSSR count). The van der Waals surface area contributed by atoms with Crippen molar-refractivity contribution in [1.82, 2.24) is 4.90 Å². The molecule has 1 aliphatic rings. The second-order valence-corrected chi connectivity index (χ2v) is 6.37.